The molecule has 6 aromatic carbocycles. The van der Waals surface area contributed by atoms with E-state index in [0.29, 0.717) is 5.89 Å². The molecule has 0 fully saturated rings. The van der Waals surface area contributed by atoms with E-state index in [4.69, 9.17) is 9.40 Å². The van der Waals surface area contributed by atoms with Crippen LogP contribution >= 0.6 is 11.3 Å². The Bertz CT molecular complexity index is 2390. The van der Waals surface area contributed by atoms with Crippen LogP contribution in [0.5, 0.6) is 0 Å². The molecule has 0 aliphatic carbocycles. The number of thiophene rings is 1. The second kappa shape index (κ2) is 7.79. The lowest BCUT2D eigenvalue weighted by molar-refractivity contribution is 0.620. The fourth-order valence-electron chi connectivity index (χ4n) is 6.10. The average Bonchev–Trinajstić information content (AvgIpc) is 3.68. The number of fused-ring (bicyclic) bond motifs is 10. The summed E-state index contributed by atoms with van der Waals surface area (Å²) in [6, 6.07) is 43.0. The largest absolute Gasteiger partial charge is 0.436 e. The summed E-state index contributed by atoms with van der Waals surface area (Å²) in [6.45, 7) is 0. The minimum atomic E-state index is 0.643. The van der Waals surface area contributed by atoms with Crippen LogP contribution in [0, 0.1) is 0 Å². The Kier molecular flexibility index (Phi) is 4.21. The third-order valence-corrected chi connectivity index (χ3v) is 8.95. The third-order valence-electron chi connectivity index (χ3n) is 7.82. The van der Waals surface area contributed by atoms with Gasteiger partial charge >= 0.3 is 0 Å². The quantitative estimate of drug-likeness (QED) is 0.229. The van der Waals surface area contributed by atoms with E-state index in [2.05, 4.69) is 126 Å². The minimum absolute atomic E-state index is 0.643. The van der Waals surface area contributed by atoms with Crippen molar-refractivity contribution in [3.8, 4) is 17.1 Å². The zero-order valence-corrected chi connectivity index (χ0v) is 21.6. The Hall–Kier alpha value is -4.93. The van der Waals surface area contributed by atoms with Crippen molar-refractivity contribution in [2.45, 2.75) is 0 Å². The van der Waals surface area contributed by atoms with Gasteiger partial charge in [-0.05, 0) is 59.3 Å². The second-order valence-electron chi connectivity index (χ2n) is 9.99. The summed E-state index contributed by atoms with van der Waals surface area (Å²) in [5.74, 6) is 0.643. The molecule has 0 bridgehead atoms. The van der Waals surface area contributed by atoms with Gasteiger partial charge in [-0.2, -0.15) is 0 Å². The lowest BCUT2D eigenvalue weighted by atomic mass is 10.0. The van der Waals surface area contributed by atoms with Crippen molar-refractivity contribution in [2.75, 3.05) is 0 Å². The van der Waals surface area contributed by atoms with Gasteiger partial charge in [0.2, 0.25) is 5.89 Å². The van der Waals surface area contributed by atoms with Gasteiger partial charge in [-0.1, -0.05) is 72.8 Å². The van der Waals surface area contributed by atoms with Crippen LogP contribution in [0.3, 0.4) is 0 Å². The molecule has 0 saturated heterocycles. The molecule has 3 aromatic heterocycles. The highest BCUT2D eigenvalue weighted by atomic mass is 32.1. The first-order chi connectivity index (χ1) is 19.3. The normalized spacial score (nSPS) is 12.1. The summed E-state index contributed by atoms with van der Waals surface area (Å²) in [6.07, 6.45) is 0. The number of oxazole rings is 1. The average molecular weight is 517 g/mol. The first-order valence-electron chi connectivity index (χ1n) is 13.1. The van der Waals surface area contributed by atoms with Gasteiger partial charge in [-0.25, -0.2) is 4.98 Å². The highest BCUT2D eigenvalue weighted by Gasteiger charge is 2.19. The van der Waals surface area contributed by atoms with E-state index >= 15 is 0 Å². The molecule has 0 aliphatic heterocycles. The van der Waals surface area contributed by atoms with Gasteiger partial charge in [-0.3, -0.25) is 0 Å². The number of hydrogen-bond acceptors (Lipinski definition) is 3. The first-order valence-corrected chi connectivity index (χ1v) is 13.9. The van der Waals surface area contributed by atoms with Gasteiger partial charge in [-0.15, -0.1) is 11.3 Å². The Morgan fingerprint density at radius 2 is 1.41 bits per heavy atom. The van der Waals surface area contributed by atoms with Crippen LogP contribution in [0.2, 0.25) is 0 Å². The maximum Gasteiger partial charge on any atom is 0.227 e. The summed E-state index contributed by atoms with van der Waals surface area (Å²) in [5, 5.41) is 7.39. The van der Waals surface area contributed by atoms with Crippen LogP contribution in [0.4, 0.5) is 0 Å². The number of hydrogen-bond donors (Lipinski definition) is 0. The van der Waals surface area contributed by atoms with Gasteiger partial charge in [0.15, 0.2) is 5.58 Å². The zero-order valence-electron chi connectivity index (χ0n) is 20.8. The maximum absolute atomic E-state index is 6.40. The number of nitrogens with zero attached hydrogens (tertiary/aromatic N) is 2. The van der Waals surface area contributed by atoms with Crippen molar-refractivity contribution >= 4 is 75.2 Å². The SMILES string of the molecule is c1ccc(-n2c3cc(-c4nc5c(ccc6sc7ccccc7c65)o4)ccc3c3c4ccccc4ccc32)cc1. The summed E-state index contributed by atoms with van der Waals surface area (Å²) in [4.78, 5) is 5.08. The Morgan fingerprint density at radius 3 is 2.33 bits per heavy atom. The van der Waals surface area contributed by atoms with E-state index in [1.54, 1.807) is 11.3 Å². The molecule has 39 heavy (non-hydrogen) atoms. The monoisotopic (exact) mass is 516 g/mol. The van der Waals surface area contributed by atoms with E-state index in [1.807, 2.05) is 0 Å². The molecule has 4 heteroatoms. The van der Waals surface area contributed by atoms with Gasteiger partial charge in [0.25, 0.3) is 0 Å². The number of benzene rings is 6. The zero-order chi connectivity index (χ0) is 25.5. The fourth-order valence-corrected chi connectivity index (χ4v) is 7.21. The molecule has 0 saturated carbocycles. The Morgan fingerprint density at radius 1 is 0.590 bits per heavy atom. The fraction of sp³-hybridized carbons (Fsp3) is 0. The number of aromatic nitrogens is 2. The van der Waals surface area contributed by atoms with Gasteiger partial charge in [0.1, 0.15) is 5.52 Å². The lowest BCUT2D eigenvalue weighted by Gasteiger charge is -2.08. The van der Waals surface area contributed by atoms with Crippen LogP contribution in [0.25, 0.3) is 81.0 Å². The first kappa shape index (κ1) is 21.1. The van der Waals surface area contributed by atoms with Crippen LogP contribution in [0.1, 0.15) is 0 Å². The summed E-state index contributed by atoms with van der Waals surface area (Å²) >= 11 is 1.80. The molecule has 182 valence electrons. The summed E-state index contributed by atoms with van der Waals surface area (Å²) < 4.78 is 11.3. The number of rotatable bonds is 2. The van der Waals surface area contributed by atoms with Crippen LogP contribution in [-0.4, -0.2) is 9.55 Å². The molecule has 9 rings (SSSR count). The highest BCUT2D eigenvalue weighted by molar-refractivity contribution is 7.26. The van der Waals surface area contributed by atoms with Crippen molar-refractivity contribution in [3.63, 3.8) is 0 Å². The van der Waals surface area contributed by atoms with Crippen molar-refractivity contribution in [1.82, 2.24) is 9.55 Å². The molecular weight excluding hydrogens is 496 g/mol. The molecule has 9 aromatic rings. The molecule has 0 spiro atoms. The molecule has 3 nitrogen and oxygen atoms in total. The van der Waals surface area contributed by atoms with Crippen molar-refractivity contribution in [1.29, 1.82) is 0 Å². The topological polar surface area (TPSA) is 31.0 Å². The van der Waals surface area contributed by atoms with E-state index < -0.39 is 0 Å². The minimum Gasteiger partial charge on any atom is -0.436 e. The Balaban J connectivity index is 1.35. The van der Waals surface area contributed by atoms with Gasteiger partial charge in [0.05, 0.1) is 11.0 Å². The van der Waals surface area contributed by atoms with Gasteiger partial charge in [0, 0.05) is 42.2 Å². The third kappa shape index (κ3) is 2.95. The maximum atomic E-state index is 6.40. The molecule has 3 heterocycles. The molecule has 0 aliphatic rings. The summed E-state index contributed by atoms with van der Waals surface area (Å²) in [7, 11) is 0. The predicted octanol–water partition coefficient (Wildman–Crippen LogP) is 10.1. The van der Waals surface area contributed by atoms with Crippen molar-refractivity contribution < 1.29 is 4.42 Å². The Labute approximate surface area is 227 Å². The van der Waals surface area contributed by atoms with Crippen LogP contribution in [0.15, 0.2) is 126 Å². The van der Waals surface area contributed by atoms with E-state index in [9.17, 15) is 0 Å². The van der Waals surface area contributed by atoms with E-state index in [0.717, 1.165) is 27.9 Å². The smallest absolute Gasteiger partial charge is 0.227 e. The van der Waals surface area contributed by atoms with E-state index in [-0.39, 0.29) is 0 Å². The van der Waals surface area contributed by atoms with Crippen LogP contribution in [-0.2, 0) is 0 Å². The standard InChI is InChI=1S/C35H20N2OS/c1-2-9-23(10-3-1)37-27-17-15-21-8-4-5-11-24(21)32(27)25-16-14-22(20-28(25)37)35-36-34-29(38-35)18-19-31-33(34)26-12-6-7-13-30(26)39-31/h1-20H. The lowest BCUT2D eigenvalue weighted by Crippen LogP contribution is -1.93. The molecular formula is C35H20N2OS. The van der Waals surface area contributed by atoms with Gasteiger partial charge < -0.3 is 8.98 Å². The van der Waals surface area contributed by atoms with Crippen molar-refractivity contribution in [2.24, 2.45) is 0 Å². The summed E-state index contributed by atoms with van der Waals surface area (Å²) in [5.41, 5.74) is 6.17. The molecule has 0 radical (unpaired) electrons. The number of para-hydroxylation sites is 1. The predicted molar refractivity (Wildman–Crippen MR) is 164 cm³/mol. The molecule has 0 atom stereocenters. The van der Waals surface area contributed by atoms with E-state index in [1.165, 1.54) is 47.2 Å². The molecule has 0 unspecified atom stereocenters. The highest BCUT2D eigenvalue weighted by Crippen LogP contribution is 2.41. The molecule has 0 N–H and O–H groups in total. The van der Waals surface area contributed by atoms with Crippen molar-refractivity contribution in [3.05, 3.63) is 121 Å². The van der Waals surface area contributed by atoms with Crippen LogP contribution < -0.4 is 0 Å². The second-order valence-corrected chi connectivity index (χ2v) is 11.1. The molecule has 0 amide bonds.